The second-order valence-corrected chi connectivity index (χ2v) is 7.91. The number of benzene rings is 1. The molecule has 33 heavy (non-hydrogen) atoms. The number of aromatic hydroxyl groups is 1. The molecule has 1 N–H and O–H groups in total. The van der Waals surface area contributed by atoms with Gasteiger partial charge in [-0.3, -0.25) is 23.3 Å². The molecule has 0 bridgehead atoms. The predicted octanol–water partition coefficient (Wildman–Crippen LogP) is 2.25. The number of rotatable bonds is 7. The summed E-state index contributed by atoms with van der Waals surface area (Å²) in [5, 5.41) is 11.2. The quantitative estimate of drug-likeness (QED) is 0.460. The molecule has 10 heteroatoms. The minimum atomic E-state index is -0.585. The van der Waals surface area contributed by atoms with E-state index < -0.39 is 28.5 Å². The number of halogens is 1. The van der Waals surface area contributed by atoms with Crippen molar-refractivity contribution >= 4 is 16.9 Å². The Morgan fingerprint density at radius 2 is 1.61 bits per heavy atom. The van der Waals surface area contributed by atoms with Crippen LogP contribution < -0.4 is 16.8 Å². The maximum atomic E-state index is 13.4. The van der Waals surface area contributed by atoms with E-state index >= 15 is 0 Å². The van der Waals surface area contributed by atoms with Crippen LogP contribution in [0.2, 0.25) is 0 Å². The van der Waals surface area contributed by atoms with Crippen LogP contribution in [0.15, 0.2) is 38.6 Å². The van der Waals surface area contributed by atoms with Crippen LogP contribution in [0, 0.1) is 5.82 Å². The van der Waals surface area contributed by atoms with Crippen LogP contribution in [0.4, 0.5) is 4.39 Å². The van der Waals surface area contributed by atoms with Crippen molar-refractivity contribution < 1.29 is 9.50 Å². The van der Waals surface area contributed by atoms with Crippen LogP contribution in [0.3, 0.4) is 0 Å². The van der Waals surface area contributed by atoms with E-state index in [1.807, 2.05) is 6.92 Å². The fraction of sp³-hybridized carbons (Fsp3) is 0.391. The maximum absolute atomic E-state index is 13.4. The molecule has 0 saturated carbocycles. The fourth-order valence-corrected chi connectivity index (χ4v) is 4.14. The molecule has 1 aromatic carbocycles. The molecule has 0 aliphatic heterocycles. The third-order valence-electron chi connectivity index (χ3n) is 5.89. The number of unbranched alkanes of at least 4 members (excludes halogenated alkanes) is 1. The summed E-state index contributed by atoms with van der Waals surface area (Å²) in [7, 11) is 0. The van der Waals surface area contributed by atoms with E-state index in [0.29, 0.717) is 18.5 Å². The fourth-order valence-electron chi connectivity index (χ4n) is 4.14. The molecule has 9 nitrogen and oxygen atoms in total. The molecule has 0 atom stereocenters. The molecule has 3 aromatic heterocycles. The molecule has 0 aliphatic rings. The van der Waals surface area contributed by atoms with Crippen molar-refractivity contribution in [3.8, 4) is 5.88 Å². The second-order valence-electron chi connectivity index (χ2n) is 7.91. The highest BCUT2D eigenvalue weighted by atomic mass is 19.1. The third-order valence-corrected chi connectivity index (χ3v) is 5.89. The standard InChI is InChI=1S/C23H26FN5O4/c1-4-7-12-28-19(30)16(13-14-8-10-15(24)11-9-14)20(31)29-17-18(25-22(28)29)26(5-2)23(33)27(6-3)21(17)32/h8-11,31H,4-7,12-13H2,1-3H3. The molecule has 3 heterocycles. The summed E-state index contributed by atoms with van der Waals surface area (Å²) < 4.78 is 18.5. The zero-order valence-corrected chi connectivity index (χ0v) is 18.8. The molecule has 4 rings (SSSR count). The Hall–Kier alpha value is -3.69. The maximum Gasteiger partial charge on any atom is 0.332 e. The summed E-state index contributed by atoms with van der Waals surface area (Å²) in [6.07, 6.45) is 1.54. The lowest BCUT2D eigenvalue weighted by Crippen LogP contribution is -2.39. The average Bonchev–Trinajstić information content (AvgIpc) is 3.19. The smallest absolute Gasteiger partial charge is 0.332 e. The largest absolute Gasteiger partial charge is 0.494 e. The Labute approximate surface area is 188 Å². The van der Waals surface area contributed by atoms with E-state index in [2.05, 4.69) is 4.98 Å². The van der Waals surface area contributed by atoms with Crippen LogP contribution in [0.25, 0.3) is 16.9 Å². The van der Waals surface area contributed by atoms with Crippen LogP contribution in [0.5, 0.6) is 5.88 Å². The number of imidazole rings is 1. The SMILES string of the molecule is CCCCn1c(=O)c(Cc2ccc(F)cc2)c(O)n2c3c(=O)n(CC)c(=O)n(CC)c3nc12. The van der Waals surface area contributed by atoms with Gasteiger partial charge in [0, 0.05) is 26.1 Å². The zero-order chi connectivity index (χ0) is 23.9. The first-order valence-electron chi connectivity index (χ1n) is 11.1. The summed E-state index contributed by atoms with van der Waals surface area (Å²) in [6, 6.07) is 5.65. The van der Waals surface area contributed by atoms with Gasteiger partial charge in [-0.05, 0) is 38.0 Å². The van der Waals surface area contributed by atoms with Gasteiger partial charge in [-0.2, -0.15) is 4.98 Å². The highest BCUT2D eigenvalue weighted by Crippen LogP contribution is 2.24. The normalized spacial score (nSPS) is 11.6. The van der Waals surface area contributed by atoms with E-state index in [1.165, 1.54) is 25.7 Å². The first kappa shape index (κ1) is 22.5. The van der Waals surface area contributed by atoms with E-state index in [-0.39, 0.29) is 42.0 Å². The lowest BCUT2D eigenvalue weighted by Gasteiger charge is -2.13. The molecule has 0 amide bonds. The van der Waals surface area contributed by atoms with Gasteiger partial charge in [0.1, 0.15) is 5.82 Å². The Morgan fingerprint density at radius 1 is 0.939 bits per heavy atom. The second kappa shape index (κ2) is 8.68. The number of aryl methyl sites for hydroxylation is 2. The topological polar surface area (TPSA) is 104 Å². The monoisotopic (exact) mass is 455 g/mol. The number of nitrogens with zero attached hydrogens (tertiary/aromatic N) is 5. The first-order chi connectivity index (χ1) is 15.8. The zero-order valence-electron chi connectivity index (χ0n) is 18.8. The summed E-state index contributed by atoms with van der Waals surface area (Å²) in [5.74, 6) is -0.705. The van der Waals surface area contributed by atoms with Crippen LogP contribution >= 0.6 is 0 Å². The van der Waals surface area contributed by atoms with Crippen LogP contribution in [-0.4, -0.2) is 28.2 Å². The summed E-state index contributed by atoms with van der Waals surface area (Å²) in [6.45, 7) is 6.19. The first-order valence-corrected chi connectivity index (χ1v) is 11.1. The Balaban J connectivity index is 2.15. The van der Waals surface area contributed by atoms with E-state index in [4.69, 9.17) is 0 Å². The molecule has 174 valence electrons. The molecular weight excluding hydrogens is 429 g/mol. The number of hydrogen-bond donors (Lipinski definition) is 1. The van der Waals surface area contributed by atoms with Crippen molar-refractivity contribution in [2.24, 2.45) is 0 Å². The van der Waals surface area contributed by atoms with Crippen molar-refractivity contribution in [3.05, 3.63) is 72.4 Å². The summed E-state index contributed by atoms with van der Waals surface area (Å²) in [5.41, 5.74) is -0.651. The molecule has 0 unspecified atom stereocenters. The van der Waals surface area contributed by atoms with Gasteiger partial charge in [0.25, 0.3) is 11.1 Å². The van der Waals surface area contributed by atoms with Crippen LogP contribution in [-0.2, 0) is 26.1 Å². The van der Waals surface area contributed by atoms with E-state index in [9.17, 15) is 23.9 Å². The number of aromatic nitrogens is 5. The molecule has 0 fully saturated rings. The van der Waals surface area contributed by atoms with E-state index in [0.717, 1.165) is 11.0 Å². The van der Waals surface area contributed by atoms with Gasteiger partial charge in [0.05, 0.1) is 5.56 Å². The molecule has 4 aromatic rings. The Bertz CT molecular complexity index is 1530. The number of fused-ring (bicyclic) bond motifs is 3. The van der Waals surface area contributed by atoms with Crippen molar-refractivity contribution in [3.63, 3.8) is 0 Å². The highest BCUT2D eigenvalue weighted by molar-refractivity contribution is 5.76. The minimum Gasteiger partial charge on any atom is -0.494 e. The third kappa shape index (κ3) is 3.55. The van der Waals surface area contributed by atoms with Gasteiger partial charge in [0.15, 0.2) is 11.2 Å². The summed E-state index contributed by atoms with van der Waals surface area (Å²) >= 11 is 0. The van der Waals surface area contributed by atoms with Gasteiger partial charge in [0.2, 0.25) is 11.7 Å². The van der Waals surface area contributed by atoms with Gasteiger partial charge < -0.3 is 5.11 Å². The van der Waals surface area contributed by atoms with Gasteiger partial charge in [-0.1, -0.05) is 25.5 Å². The molecular formula is C23H26FN5O4. The highest BCUT2D eigenvalue weighted by Gasteiger charge is 2.25. The lowest BCUT2D eigenvalue weighted by atomic mass is 10.1. The molecule has 0 radical (unpaired) electrons. The molecule has 0 saturated heterocycles. The molecule has 0 aliphatic carbocycles. The summed E-state index contributed by atoms with van der Waals surface area (Å²) in [4.78, 5) is 43.9. The van der Waals surface area contributed by atoms with E-state index in [1.54, 1.807) is 26.0 Å². The lowest BCUT2D eigenvalue weighted by molar-refractivity contribution is 0.433. The minimum absolute atomic E-state index is 0.0383. The van der Waals surface area contributed by atoms with Gasteiger partial charge >= 0.3 is 5.69 Å². The Kier molecular flexibility index (Phi) is 5.92. The average molecular weight is 455 g/mol. The van der Waals surface area contributed by atoms with Gasteiger partial charge in [-0.15, -0.1) is 0 Å². The van der Waals surface area contributed by atoms with Crippen molar-refractivity contribution in [1.82, 2.24) is 23.1 Å². The Morgan fingerprint density at radius 3 is 2.21 bits per heavy atom. The predicted molar refractivity (Wildman–Crippen MR) is 123 cm³/mol. The molecule has 0 spiro atoms. The van der Waals surface area contributed by atoms with Crippen molar-refractivity contribution in [1.29, 1.82) is 0 Å². The van der Waals surface area contributed by atoms with Crippen molar-refractivity contribution in [2.45, 2.75) is 59.7 Å². The van der Waals surface area contributed by atoms with Gasteiger partial charge in [-0.25, -0.2) is 13.6 Å². The van der Waals surface area contributed by atoms with Crippen LogP contribution in [0.1, 0.15) is 44.7 Å². The van der Waals surface area contributed by atoms with Crippen molar-refractivity contribution in [2.75, 3.05) is 0 Å². The number of hydrogen-bond acceptors (Lipinski definition) is 5.